The monoisotopic (exact) mass is 756 g/mol. The van der Waals surface area contributed by atoms with Gasteiger partial charge < -0.3 is 0 Å². The second kappa shape index (κ2) is 15.2. The predicted octanol–water partition coefficient (Wildman–Crippen LogP) is 13.5. The molecule has 0 bridgehead atoms. The number of hydrogen-bond donors (Lipinski definition) is 0. The van der Waals surface area contributed by atoms with E-state index in [1.165, 1.54) is 0 Å². The second-order valence-electron chi connectivity index (χ2n) is 14.4. The van der Waals surface area contributed by atoms with Crippen LogP contribution in [0.3, 0.4) is 0 Å². The summed E-state index contributed by atoms with van der Waals surface area (Å²) in [6, 6.07) is 58.4. The summed E-state index contributed by atoms with van der Waals surface area (Å²) in [7, 11) is 0. The molecule has 4 aromatic heterocycles. The minimum absolute atomic E-state index is 0.696. The third kappa shape index (κ3) is 6.83. The largest absolute Gasteiger partial charge is 0.262 e. The van der Waals surface area contributed by atoms with Crippen molar-refractivity contribution in [1.29, 1.82) is 0 Å². The first-order chi connectivity index (χ1) is 29.1. The van der Waals surface area contributed by atoms with Crippen LogP contribution >= 0.6 is 0 Å². The Hall–Kier alpha value is -7.96. The lowest BCUT2D eigenvalue weighted by atomic mass is 9.97. The highest BCUT2D eigenvalue weighted by Crippen LogP contribution is 2.38. The molecule has 6 aromatic carbocycles. The fourth-order valence-electron chi connectivity index (χ4n) is 7.71. The van der Waals surface area contributed by atoms with Crippen LogP contribution in [0.15, 0.2) is 187 Å². The van der Waals surface area contributed by atoms with Gasteiger partial charge in [-0.25, -0.2) is 19.9 Å². The number of rotatable bonds is 8. The Morgan fingerprint density at radius 1 is 0.458 bits per heavy atom. The zero-order chi connectivity index (χ0) is 39.7. The molecule has 0 atom stereocenters. The molecule has 0 amide bonds. The van der Waals surface area contributed by atoms with Crippen molar-refractivity contribution in [2.45, 2.75) is 6.92 Å². The maximum Gasteiger partial charge on any atom is 0.160 e. The van der Waals surface area contributed by atoms with E-state index in [1.54, 1.807) is 6.20 Å². The smallest absolute Gasteiger partial charge is 0.160 e. The molecule has 59 heavy (non-hydrogen) atoms. The van der Waals surface area contributed by atoms with Crippen molar-refractivity contribution in [1.82, 2.24) is 24.9 Å². The van der Waals surface area contributed by atoms with Gasteiger partial charge in [-0.3, -0.25) is 9.98 Å². The summed E-state index contributed by atoms with van der Waals surface area (Å²) < 4.78 is 0. The molecule has 0 aliphatic rings. The van der Waals surface area contributed by atoms with Gasteiger partial charge in [-0.05, 0) is 67.2 Å². The van der Waals surface area contributed by atoms with E-state index in [1.807, 2.05) is 67.6 Å². The molecule has 0 spiro atoms. The van der Waals surface area contributed by atoms with Gasteiger partial charge in [-0.2, -0.15) is 0 Å². The van der Waals surface area contributed by atoms with Crippen LogP contribution < -0.4 is 0 Å². The van der Waals surface area contributed by atoms with Gasteiger partial charge in [0.05, 0.1) is 45.0 Å². The van der Waals surface area contributed by atoms with E-state index in [4.69, 9.17) is 19.9 Å². The Balaban J connectivity index is 0.980. The van der Waals surface area contributed by atoms with Crippen molar-refractivity contribution in [3.8, 4) is 67.5 Å². The lowest BCUT2D eigenvalue weighted by Gasteiger charge is -2.13. The number of hydrogen-bond acceptors (Lipinski definition) is 6. The highest BCUT2D eigenvalue weighted by Gasteiger charge is 2.16. The molecule has 10 aromatic rings. The molecular formula is C53H36N6. The van der Waals surface area contributed by atoms with E-state index in [-0.39, 0.29) is 0 Å². The van der Waals surface area contributed by atoms with Gasteiger partial charge in [-0.15, -0.1) is 0 Å². The minimum Gasteiger partial charge on any atom is -0.262 e. The molecule has 10 rings (SSSR count). The van der Waals surface area contributed by atoms with Crippen LogP contribution in [0.25, 0.3) is 106 Å². The van der Waals surface area contributed by atoms with E-state index in [2.05, 4.69) is 138 Å². The number of fused-ring (bicyclic) bond motifs is 3. The number of benzene rings is 6. The lowest BCUT2D eigenvalue weighted by molar-refractivity contribution is 1.18. The highest BCUT2D eigenvalue weighted by atomic mass is 14.9. The first-order valence-electron chi connectivity index (χ1n) is 19.6. The van der Waals surface area contributed by atoms with Gasteiger partial charge >= 0.3 is 0 Å². The van der Waals surface area contributed by atoms with Crippen LogP contribution in [-0.2, 0) is 0 Å². The lowest BCUT2D eigenvalue weighted by Crippen LogP contribution is -1.96. The third-order valence-electron chi connectivity index (χ3n) is 10.7. The maximum atomic E-state index is 5.20. The normalized spacial score (nSPS) is 11.5. The molecule has 0 radical (unpaired) electrons. The van der Waals surface area contributed by atoms with Crippen molar-refractivity contribution < 1.29 is 0 Å². The Morgan fingerprint density at radius 3 is 1.63 bits per heavy atom. The molecule has 0 unspecified atom stereocenters. The topological polar surface area (TPSA) is 76.8 Å². The van der Waals surface area contributed by atoms with Gasteiger partial charge in [0.2, 0.25) is 0 Å². The molecule has 4 heterocycles. The van der Waals surface area contributed by atoms with Gasteiger partial charge in [-0.1, -0.05) is 140 Å². The van der Waals surface area contributed by atoms with Crippen molar-refractivity contribution in [3.63, 3.8) is 0 Å². The molecule has 6 heteroatoms. The average Bonchev–Trinajstić information content (AvgIpc) is 3.31. The molecule has 0 saturated carbocycles. The first kappa shape index (κ1) is 35.5. The van der Waals surface area contributed by atoms with E-state index in [9.17, 15) is 0 Å². The van der Waals surface area contributed by atoms with E-state index < -0.39 is 0 Å². The molecule has 0 fully saturated rings. The summed E-state index contributed by atoms with van der Waals surface area (Å²) in [5.41, 5.74) is 15.1. The Morgan fingerprint density at radius 2 is 1.00 bits per heavy atom. The van der Waals surface area contributed by atoms with Gasteiger partial charge in [0.25, 0.3) is 0 Å². The molecule has 6 nitrogen and oxygen atoms in total. The average molecular weight is 757 g/mol. The summed E-state index contributed by atoms with van der Waals surface area (Å²) in [4.78, 5) is 29.3. The molecule has 0 saturated heterocycles. The van der Waals surface area contributed by atoms with Crippen molar-refractivity contribution in [3.05, 3.63) is 188 Å². The fourth-order valence-corrected chi connectivity index (χ4v) is 7.71. The predicted molar refractivity (Wildman–Crippen MR) is 244 cm³/mol. The standard InChI is InChI=1S/C53H36N6/c1-3-11-43-44(30-42-16-10-29-55-51(42)52(43)54-2)46-28-26-38-22-24-41(32-48(38)57-46)40-23-21-37-25-27-45(56-47(37)31-40)35-17-19-36(20-18-35)50-33-49(34-12-6-4-7-13-34)58-53(59-50)39-14-8-5-9-15-39/h3-33H,2H2,1H3/b11-3-. The SMILES string of the molecule is C=Nc1c(/C=C\C)c(-c2ccc3ccc(-c4ccc5ccc(-c6ccc(-c7cc(-c8ccccc8)nc(-c8ccccc8)n7)cc6)nc5c4)cc3n2)cc2cccnc12. The quantitative estimate of drug-likeness (QED) is 0.144. The maximum absolute atomic E-state index is 5.20. The summed E-state index contributed by atoms with van der Waals surface area (Å²) in [6.07, 6.45) is 5.86. The van der Waals surface area contributed by atoms with Crippen LogP contribution in [0, 0.1) is 0 Å². The summed E-state index contributed by atoms with van der Waals surface area (Å²) in [5, 5.41) is 3.13. The second-order valence-corrected chi connectivity index (χ2v) is 14.4. The molecule has 0 aliphatic carbocycles. The number of aliphatic imine (C=N–C) groups is 1. The van der Waals surface area contributed by atoms with Gasteiger partial charge in [0, 0.05) is 55.7 Å². The molecule has 278 valence electrons. The molecule has 0 aliphatic heterocycles. The van der Waals surface area contributed by atoms with Crippen molar-refractivity contribution in [2.75, 3.05) is 0 Å². The van der Waals surface area contributed by atoms with Crippen molar-refractivity contribution >= 4 is 51.2 Å². The van der Waals surface area contributed by atoms with Crippen LogP contribution in [0.2, 0.25) is 0 Å². The highest BCUT2D eigenvalue weighted by molar-refractivity contribution is 6.01. The van der Waals surface area contributed by atoms with Crippen LogP contribution in [-0.4, -0.2) is 31.6 Å². The number of nitrogens with zero attached hydrogens (tertiary/aromatic N) is 6. The summed E-state index contributed by atoms with van der Waals surface area (Å²) in [6.45, 7) is 5.88. The van der Waals surface area contributed by atoms with Crippen LogP contribution in [0.5, 0.6) is 0 Å². The van der Waals surface area contributed by atoms with Crippen LogP contribution in [0.1, 0.15) is 12.5 Å². The first-order valence-corrected chi connectivity index (χ1v) is 19.6. The molecule has 0 N–H and O–H groups in total. The Labute approximate surface area is 342 Å². The number of aromatic nitrogens is 5. The third-order valence-corrected chi connectivity index (χ3v) is 10.7. The van der Waals surface area contributed by atoms with E-state index in [0.29, 0.717) is 5.82 Å². The van der Waals surface area contributed by atoms with E-state index >= 15 is 0 Å². The number of pyridine rings is 3. The van der Waals surface area contributed by atoms with Gasteiger partial charge in [0.1, 0.15) is 0 Å². The van der Waals surface area contributed by atoms with Crippen LogP contribution in [0.4, 0.5) is 5.69 Å². The van der Waals surface area contributed by atoms with Crippen molar-refractivity contribution in [2.24, 2.45) is 4.99 Å². The Kier molecular flexibility index (Phi) is 9.12. The Bertz CT molecular complexity index is 3170. The number of allylic oxidation sites excluding steroid dienone is 1. The fraction of sp³-hybridized carbons (Fsp3) is 0.0189. The minimum atomic E-state index is 0.696. The zero-order valence-electron chi connectivity index (χ0n) is 32.3. The molecular weight excluding hydrogens is 721 g/mol. The zero-order valence-corrected chi connectivity index (χ0v) is 32.3. The summed E-state index contributed by atoms with van der Waals surface area (Å²) >= 11 is 0. The summed E-state index contributed by atoms with van der Waals surface area (Å²) in [5.74, 6) is 0.696. The van der Waals surface area contributed by atoms with Gasteiger partial charge in [0.15, 0.2) is 5.82 Å². The van der Waals surface area contributed by atoms with E-state index in [0.717, 1.165) is 106 Å².